The van der Waals surface area contributed by atoms with E-state index in [4.69, 9.17) is 5.84 Å². The highest BCUT2D eigenvalue weighted by atomic mass is 16.2. The summed E-state index contributed by atoms with van der Waals surface area (Å²) in [7, 11) is 0. The Morgan fingerprint density at radius 1 is 1.39 bits per heavy atom. The van der Waals surface area contributed by atoms with Crippen molar-refractivity contribution in [1.29, 1.82) is 0 Å². The Kier molecular flexibility index (Phi) is 3.74. The lowest BCUT2D eigenvalue weighted by molar-refractivity contribution is -0.123. The molecular formula is C13H16N4O. The van der Waals surface area contributed by atoms with Gasteiger partial charge in [-0.2, -0.15) is 5.10 Å². The first-order chi connectivity index (χ1) is 8.70. The second-order valence-electron chi connectivity index (χ2n) is 4.15. The van der Waals surface area contributed by atoms with Crippen LogP contribution in [-0.4, -0.2) is 15.7 Å². The van der Waals surface area contributed by atoms with Gasteiger partial charge >= 0.3 is 0 Å². The van der Waals surface area contributed by atoms with Crippen molar-refractivity contribution >= 4 is 5.91 Å². The number of hydrogen-bond donors (Lipinski definition) is 2. The number of nitrogens with zero attached hydrogens (tertiary/aromatic N) is 2. The van der Waals surface area contributed by atoms with Crippen molar-refractivity contribution in [3.8, 4) is 0 Å². The molecule has 0 fully saturated rings. The molecule has 3 N–H and O–H groups in total. The van der Waals surface area contributed by atoms with E-state index in [1.165, 1.54) is 0 Å². The van der Waals surface area contributed by atoms with Crippen molar-refractivity contribution in [3.63, 3.8) is 0 Å². The summed E-state index contributed by atoms with van der Waals surface area (Å²) in [5, 5.41) is 4.29. The molecule has 0 aliphatic rings. The Balaban J connectivity index is 2.24. The number of nitrogens with one attached hydrogen (secondary N) is 1. The van der Waals surface area contributed by atoms with Crippen molar-refractivity contribution in [2.24, 2.45) is 5.84 Å². The zero-order valence-corrected chi connectivity index (χ0v) is 10.2. The minimum absolute atomic E-state index is 0.214. The Bertz CT molecular complexity index is 521. The maximum atomic E-state index is 11.8. The van der Waals surface area contributed by atoms with E-state index in [1.807, 2.05) is 49.5 Å². The zero-order chi connectivity index (χ0) is 13.0. The van der Waals surface area contributed by atoms with Gasteiger partial charge in [0.25, 0.3) is 0 Å². The van der Waals surface area contributed by atoms with Crippen molar-refractivity contribution in [1.82, 2.24) is 15.2 Å². The first-order valence-electron chi connectivity index (χ1n) is 5.76. The number of hydrazine groups is 1. The van der Waals surface area contributed by atoms with Crippen molar-refractivity contribution in [3.05, 3.63) is 53.9 Å². The molecule has 0 aliphatic carbocycles. The predicted molar refractivity (Wildman–Crippen MR) is 68.5 cm³/mol. The second kappa shape index (κ2) is 5.46. The minimum Gasteiger partial charge on any atom is -0.294 e. The highest BCUT2D eigenvalue weighted by Gasteiger charge is 2.20. The highest BCUT2D eigenvalue weighted by molar-refractivity contribution is 5.82. The van der Waals surface area contributed by atoms with Crippen molar-refractivity contribution in [2.75, 3.05) is 0 Å². The summed E-state index contributed by atoms with van der Waals surface area (Å²) in [5.41, 5.74) is 4.06. The molecule has 0 aliphatic heterocycles. The number of rotatable bonds is 4. The van der Waals surface area contributed by atoms with Crippen LogP contribution in [0.25, 0.3) is 0 Å². The number of aromatic nitrogens is 2. The van der Waals surface area contributed by atoms with E-state index in [-0.39, 0.29) is 11.8 Å². The van der Waals surface area contributed by atoms with E-state index < -0.39 is 0 Å². The predicted octanol–water partition coefficient (Wildman–Crippen LogP) is 0.965. The van der Waals surface area contributed by atoms with E-state index in [1.54, 1.807) is 4.68 Å². The summed E-state index contributed by atoms with van der Waals surface area (Å²) in [6.07, 6.45) is 1.86. The number of amides is 1. The third-order valence-corrected chi connectivity index (χ3v) is 2.80. The molecule has 0 radical (unpaired) electrons. The molecule has 0 saturated heterocycles. The Morgan fingerprint density at radius 2 is 2.11 bits per heavy atom. The molecule has 5 nitrogen and oxygen atoms in total. The quantitative estimate of drug-likeness (QED) is 0.478. The average molecular weight is 244 g/mol. The van der Waals surface area contributed by atoms with Gasteiger partial charge in [0, 0.05) is 6.20 Å². The number of benzene rings is 1. The maximum absolute atomic E-state index is 11.8. The van der Waals surface area contributed by atoms with E-state index in [0.29, 0.717) is 6.54 Å². The van der Waals surface area contributed by atoms with Crippen LogP contribution in [0.4, 0.5) is 0 Å². The van der Waals surface area contributed by atoms with Crippen LogP contribution >= 0.6 is 0 Å². The van der Waals surface area contributed by atoms with Gasteiger partial charge in [-0.15, -0.1) is 0 Å². The fourth-order valence-electron chi connectivity index (χ4n) is 1.88. The van der Waals surface area contributed by atoms with Gasteiger partial charge in [-0.05, 0) is 18.6 Å². The van der Waals surface area contributed by atoms with Crippen LogP contribution < -0.4 is 11.3 Å². The Morgan fingerprint density at radius 3 is 2.67 bits per heavy atom. The van der Waals surface area contributed by atoms with Gasteiger partial charge in [0.15, 0.2) is 0 Å². The fraction of sp³-hybridized carbons (Fsp3) is 0.231. The van der Waals surface area contributed by atoms with Gasteiger partial charge in [-0.1, -0.05) is 30.3 Å². The molecule has 18 heavy (non-hydrogen) atoms. The van der Waals surface area contributed by atoms with Crippen molar-refractivity contribution in [2.45, 2.75) is 19.4 Å². The Hall–Kier alpha value is -2.14. The molecule has 1 unspecified atom stereocenters. The largest absolute Gasteiger partial charge is 0.294 e. The molecule has 0 spiro atoms. The number of aryl methyl sites for hydroxylation is 1. The monoisotopic (exact) mass is 244 g/mol. The summed E-state index contributed by atoms with van der Waals surface area (Å²) in [6.45, 7) is 2.39. The molecule has 1 aromatic carbocycles. The number of nitrogens with two attached hydrogens (primary N) is 1. The first kappa shape index (κ1) is 12.3. The topological polar surface area (TPSA) is 72.9 Å². The number of hydrogen-bond acceptors (Lipinski definition) is 3. The summed E-state index contributed by atoms with van der Waals surface area (Å²) >= 11 is 0. The molecule has 1 amide bonds. The molecule has 1 heterocycles. The van der Waals surface area contributed by atoms with Crippen LogP contribution in [0, 0.1) is 6.92 Å². The molecule has 0 bridgehead atoms. The summed E-state index contributed by atoms with van der Waals surface area (Å²) in [5.74, 6) is 4.69. The van der Waals surface area contributed by atoms with E-state index in [0.717, 1.165) is 11.3 Å². The van der Waals surface area contributed by atoms with E-state index in [9.17, 15) is 4.79 Å². The van der Waals surface area contributed by atoms with E-state index in [2.05, 4.69) is 10.5 Å². The molecule has 0 saturated carbocycles. The van der Waals surface area contributed by atoms with Gasteiger partial charge in [0.05, 0.1) is 18.2 Å². The normalized spacial score (nSPS) is 12.1. The molecular weight excluding hydrogens is 228 g/mol. The van der Waals surface area contributed by atoms with Crippen molar-refractivity contribution < 1.29 is 4.79 Å². The maximum Gasteiger partial charge on any atom is 0.243 e. The standard InChI is InChI=1S/C13H16N4O/c1-10-7-8-17(16-10)9-12(13(18)15-14)11-5-3-2-4-6-11/h2-8,12H,9,14H2,1H3,(H,15,18). The summed E-state index contributed by atoms with van der Waals surface area (Å²) in [6, 6.07) is 11.5. The van der Waals surface area contributed by atoms with Gasteiger partial charge in [-0.3, -0.25) is 14.9 Å². The molecule has 1 atom stereocenters. The first-order valence-corrected chi connectivity index (χ1v) is 5.76. The number of carbonyl (C=O) groups excluding carboxylic acids is 1. The number of carbonyl (C=O) groups is 1. The van der Waals surface area contributed by atoms with Crippen LogP contribution in [0.1, 0.15) is 17.2 Å². The van der Waals surface area contributed by atoms with Gasteiger partial charge in [-0.25, -0.2) is 5.84 Å². The van der Waals surface area contributed by atoms with Crippen LogP contribution in [0.2, 0.25) is 0 Å². The lowest BCUT2D eigenvalue weighted by Crippen LogP contribution is -2.36. The molecule has 2 rings (SSSR count). The molecule has 2 aromatic rings. The summed E-state index contributed by atoms with van der Waals surface area (Å²) in [4.78, 5) is 11.8. The molecule has 1 aromatic heterocycles. The summed E-state index contributed by atoms with van der Waals surface area (Å²) < 4.78 is 1.75. The van der Waals surface area contributed by atoms with Gasteiger partial charge in [0.2, 0.25) is 5.91 Å². The third kappa shape index (κ3) is 2.75. The third-order valence-electron chi connectivity index (χ3n) is 2.80. The van der Waals surface area contributed by atoms with E-state index >= 15 is 0 Å². The second-order valence-corrected chi connectivity index (χ2v) is 4.15. The molecule has 94 valence electrons. The van der Waals surface area contributed by atoms with Crippen LogP contribution in [0.5, 0.6) is 0 Å². The fourth-order valence-corrected chi connectivity index (χ4v) is 1.88. The molecule has 5 heteroatoms. The zero-order valence-electron chi connectivity index (χ0n) is 10.2. The Labute approximate surface area is 106 Å². The minimum atomic E-state index is -0.338. The van der Waals surface area contributed by atoms with Crippen LogP contribution in [0.15, 0.2) is 42.6 Å². The smallest absolute Gasteiger partial charge is 0.243 e. The van der Waals surface area contributed by atoms with Crippen LogP contribution in [0.3, 0.4) is 0 Å². The average Bonchev–Trinajstić information content (AvgIpc) is 2.82. The highest BCUT2D eigenvalue weighted by Crippen LogP contribution is 2.17. The lowest BCUT2D eigenvalue weighted by Gasteiger charge is -2.15. The SMILES string of the molecule is Cc1ccn(CC(C(=O)NN)c2ccccc2)n1. The van der Waals surface area contributed by atoms with Crippen LogP contribution in [-0.2, 0) is 11.3 Å². The van der Waals surface area contributed by atoms with Gasteiger partial charge in [0.1, 0.15) is 0 Å². The lowest BCUT2D eigenvalue weighted by atomic mass is 9.98. The van der Waals surface area contributed by atoms with Gasteiger partial charge < -0.3 is 0 Å².